The number of nitrogens with zero attached hydrogens (tertiary/aromatic N) is 3. The fourth-order valence-corrected chi connectivity index (χ4v) is 3.83. The van der Waals surface area contributed by atoms with Crippen molar-refractivity contribution >= 4 is 35.0 Å². The van der Waals surface area contributed by atoms with Crippen molar-refractivity contribution in [3.8, 4) is 5.75 Å². The molecule has 0 bridgehead atoms. The van der Waals surface area contributed by atoms with Crippen molar-refractivity contribution in [2.75, 3.05) is 16.0 Å². The second kappa shape index (κ2) is 9.17. The molecule has 3 aromatic rings. The van der Waals surface area contributed by atoms with Gasteiger partial charge in [-0.05, 0) is 43.3 Å². The van der Waals surface area contributed by atoms with E-state index < -0.39 is 0 Å². The molecule has 0 aliphatic carbocycles. The number of hydrogen-bond donors (Lipinski definition) is 1. The van der Waals surface area contributed by atoms with Gasteiger partial charge in [-0.25, -0.2) is 4.39 Å². The molecule has 0 saturated heterocycles. The Hall–Kier alpha value is -3.40. The average Bonchev–Trinajstić information content (AvgIpc) is 3.16. The Labute approximate surface area is 181 Å². The molecule has 1 aliphatic heterocycles. The monoisotopic (exact) mass is 442 g/mol. The first-order valence-electron chi connectivity index (χ1n) is 9.54. The molecule has 0 saturated carbocycles. The van der Waals surface area contributed by atoms with E-state index in [-0.39, 0.29) is 53.6 Å². The number of halogens is 1. The highest BCUT2D eigenvalue weighted by atomic mass is 32.2. The van der Waals surface area contributed by atoms with Crippen LogP contribution in [0.2, 0.25) is 0 Å². The van der Waals surface area contributed by atoms with Gasteiger partial charge in [-0.1, -0.05) is 23.9 Å². The zero-order chi connectivity index (χ0) is 21.8. The van der Waals surface area contributed by atoms with Gasteiger partial charge in [0, 0.05) is 12.5 Å². The smallest absolute Gasteiger partial charge is 0.277 e. The summed E-state index contributed by atoms with van der Waals surface area (Å²) in [6.07, 6.45) is 0.205. The fourth-order valence-electron chi connectivity index (χ4n) is 3.19. The number of anilines is 2. The maximum Gasteiger partial charge on any atom is 0.277 e. The van der Waals surface area contributed by atoms with E-state index in [4.69, 9.17) is 9.15 Å². The summed E-state index contributed by atoms with van der Waals surface area (Å²) < 4.78 is 23.9. The van der Waals surface area contributed by atoms with Crippen LogP contribution < -0.4 is 15.0 Å². The standard InChI is InChI=1S/C21H19FN4O4S/c1-13-10-18(27)23-16-4-2-3-5-17(16)26(13)20(28)12-31-21-25-24-19(30-21)11-29-15-8-6-14(22)7-9-15/h2-9,13H,10-12H2,1H3,(H,23,27)/t13-/m0/s1. The molecule has 1 aromatic heterocycles. The Morgan fingerprint density at radius 2 is 2.03 bits per heavy atom. The molecule has 160 valence electrons. The number of ether oxygens (including phenoxy) is 1. The summed E-state index contributed by atoms with van der Waals surface area (Å²) in [5.74, 6) is 0.112. The summed E-state index contributed by atoms with van der Waals surface area (Å²) in [4.78, 5) is 26.7. The number of fused-ring (bicyclic) bond motifs is 1. The zero-order valence-corrected chi connectivity index (χ0v) is 17.4. The van der Waals surface area contributed by atoms with Crippen LogP contribution in [0.25, 0.3) is 0 Å². The molecule has 1 aliphatic rings. The van der Waals surface area contributed by atoms with Crippen molar-refractivity contribution < 1.29 is 23.1 Å². The van der Waals surface area contributed by atoms with Crippen LogP contribution in [0.3, 0.4) is 0 Å². The number of carbonyl (C=O) groups excluding carboxylic acids is 2. The van der Waals surface area contributed by atoms with Crippen LogP contribution >= 0.6 is 11.8 Å². The highest BCUT2D eigenvalue weighted by Crippen LogP contribution is 2.32. The predicted octanol–water partition coefficient (Wildman–Crippen LogP) is 3.64. The van der Waals surface area contributed by atoms with E-state index in [1.165, 1.54) is 24.3 Å². The molecular weight excluding hydrogens is 423 g/mol. The lowest BCUT2D eigenvalue weighted by atomic mass is 10.2. The van der Waals surface area contributed by atoms with E-state index in [0.29, 0.717) is 17.1 Å². The summed E-state index contributed by atoms with van der Waals surface area (Å²) in [5.41, 5.74) is 1.26. The van der Waals surface area contributed by atoms with E-state index in [1.807, 2.05) is 13.0 Å². The number of hydrogen-bond acceptors (Lipinski definition) is 7. The Bertz CT molecular complexity index is 1090. The van der Waals surface area contributed by atoms with Gasteiger partial charge in [0.05, 0.1) is 17.1 Å². The topological polar surface area (TPSA) is 97.6 Å². The molecule has 0 spiro atoms. The minimum atomic E-state index is -0.352. The lowest BCUT2D eigenvalue weighted by Gasteiger charge is -2.27. The molecule has 0 unspecified atom stereocenters. The van der Waals surface area contributed by atoms with Crippen LogP contribution in [0.1, 0.15) is 19.2 Å². The number of nitrogens with one attached hydrogen (secondary N) is 1. The molecular formula is C21H19FN4O4S. The molecule has 2 heterocycles. The molecule has 1 N–H and O–H groups in total. The van der Waals surface area contributed by atoms with Gasteiger partial charge in [0.15, 0.2) is 6.61 Å². The quantitative estimate of drug-likeness (QED) is 0.582. The largest absolute Gasteiger partial charge is 0.484 e. The zero-order valence-electron chi connectivity index (χ0n) is 16.6. The summed E-state index contributed by atoms with van der Waals surface area (Å²) in [7, 11) is 0. The normalized spacial score (nSPS) is 15.7. The van der Waals surface area contributed by atoms with Crippen molar-refractivity contribution in [1.82, 2.24) is 10.2 Å². The number of aromatic nitrogens is 2. The minimum absolute atomic E-state index is 0.0253. The Morgan fingerprint density at radius 1 is 1.26 bits per heavy atom. The molecule has 31 heavy (non-hydrogen) atoms. The SMILES string of the molecule is C[C@H]1CC(=O)Nc2ccccc2N1C(=O)CSc1nnc(COc2ccc(F)cc2)o1. The molecule has 0 fully saturated rings. The van der Waals surface area contributed by atoms with Crippen molar-refractivity contribution in [2.45, 2.75) is 31.2 Å². The summed E-state index contributed by atoms with van der Waals surface area (Å²) in [6.45, 7) is 1.86. The fraction of sp³-hybridized carbons (Fsp3) is 0.238. The molecule has 10 heteroatoms. The molecule has 8 nitrogen and oxygen atoms in total. The van der Waals surface area contributed by atoms with Gasteiger partial charge in [0.25, 0.3) is 11.1 Å². The Morgan fingerprint density at radius 3 is 2.84 bits per heavy atom. The maximum atomic E-state index is 13.0. The molecule has 0 radical (unpaired) electrons. The second-order valence-electron chi connectivity index (χ2n) is 6.88. The average molecular weight is 442 g/mol. The van der Waals surface area contributed by atoms with E-state index in [1.54, 1.807) is 23.1 Å². The third-order valence-corrected chi connectivity index (χ3v) is 5.37. The Kier molecular flexibility index (Phi) is 6.17. The molecule has 2 aromatic carbocycles. The third-order valence-electron chi connectivity index (χ3n) is 4.57. The predicted molar refractivity (Wildman–Crippen MR) is 112 cm³/mol. The van der Waals surface area contributed by atoms with Gasteiger partial charge in [0.1, 0.15) is 11.6 Å². The van der Waals surface area contributed by atoms with E-state index >= 15 is 0 Å². The first-order chi connectivity index (χ1) is 15.0. The van der Waals surface area contributed by atoms with Gasteiger partial charge in [-0.15, -0.1) is 10.2 Å². The third kappa shape index (κ3) is 5.02. The van der Waals surface area contributed by atoms with Gasteiger partial charge in [0.2, 0.25) is 11.8 Å². The number of para-hydroxylation sites is 2. The number of benzene rings is 2. The van der Waals surface area contributed by atoms with E-state index in [0.717, 1.165) is 11.8 Å². The van der Waals surface area contributed by atoms with Crippen molar-refractivity contribution in [3.05, 3.63) is 60.2 Å². The molecule has 4 rings (SSSR count). The maximum absolute atomic E-state index is 13.0. The van der Waals surface area contributed by atoms with E-state index in [2.05, 4.69) is 15.5 Å². The molecule has 1 atom stereocenters. The number of carbonyl (C=O) groups is 2. The van der Waals surface area contributed by atoms with Gasteiger partial charge in [-0.2, -0.15) is 0 Å². The summed E-state index contributed by atoms with van der Waals surface area (Å²) in [5, 5.41) is 10.9. The summed E-state index contributed by atoms with van der Waals surface area (Å²) in [6, 6.07) is 12.5. The van der Waals surface area contributed by atoms with Crippen molar-refractivity contribution in [1.29, 1.82) is 0 Å². The van der Waals surface area contributed by atoms with E-state index in [9.17, 15) is 14.0 Å². The first-order valence-corrected chi connectivity index (χ1v) is 10.5. The van der Waals surface area contributed by atoms with Crippen LogP contribution in [0, 0.1) is 5.82 Å². The van der Waals surface area contributed by atoms with Crippen LogP contribution in [0.5, 0.6) is 5.75 Å². The Balaban J connectivity index is 1.37. The minimum Gasteiger partial charge on any atom is -0.484 e. The van der Waals surface area contributed by atoms with Crippen molar-refractivity contribution in [3.63, 3.8) is 0 Å². The van der Waals surface area contributed by atoms with Crippen molar-refractivity contribution in [2.24, 2.45) is 0 Å². The van der Waals surface area contributed by atoms with Crippen LogP contribution in [0.4, 0.5) is 15.8 Å². The lowest BCUT2D eigenvalue weighted by Crippen LogP contribution is -2.40. The highest BCUT2D eigenvalue weighted by molar-refractivity contribution is 7.99. The lowest BCUT2D eigenvalue weighted by molar-refractivity contribution is -0.117. The van der Waals surface area contributed by atoms with Crippen LogP contribution in [0.15, 0.2) is 58.2 Å². The van der Waals surface area contributed by atoms with Crippen LogP contribution in [-0.4, -0.2) is 33.8 Å². The number of thioether (sulfide) groups is 1. The highest BCUT2D eigenvalue weighted by Gasteiger charge is 2.29. The number of amides is 2. The van der Waals surface area contributed by atoms with Gasteiger partial charge < -0.3 is 19.4 Å². The first kappa shape index (κ1) is 20.9. The second-order valence-corrected chi connectivity index (χ2v) is 7.80. The summed E-state index contributed by atoms with van der Waals surface area (Å²) >= 11 is 1.11. The molecule has 2 amide bonds. The number of rotatable bonds is 6. The van der Waals surface area contributed by atoms with Crippen LogP contribution in [-0.2, 0) is 16.2 Å². The van der Waals surface area contributed by atoms with Gasteiger partial charge >= 0.3 is 0 Å². The van der Waals surface area contributed by atoms with Gasteiger partial charge in [-0.3, -0.25) is 9.59 Å².